The summed E-state index contributed by atoms with van der Waals surface area (Å²) < 4.78 is 5.91. The zero-order chi connectivity index (χ0) is 10.9. The van der Waals surface area contributed by atoms with Crippen LogP contribution in [0.15, 0.2) is 0 Å². The highest BCUT2D eigenvalue weighted by atomic mass is 16.5. The van der Waals surface area contributed by atoms with Crippen LogP contribution in [0.3, 0.4) is 0 Å². The van der Waals surface area contributed by atoms with Crippen molar-refractivity contribution in [3.8, 4) is 0 Å². The molecule has 0 bridgehead atoms. The van der Waals surface area contributed by atoms with E-state index in [1.54, 1.807) is 0 Å². The molecule has 0 aromatic rings. The van der Waals surface area contributed by atoms with Gasteiger partial charge in [0.05, 0.1) is 12.7 Å². The predicted molar refractivity (Wildman–Crippen MR) is 63.0 cm³/mol. The van der Waals surface area contributed by atoms with Crippen molar-refractivity contribution in [3.63, 3.8) is 0 Å². The zero-order valence-electron chi connectivity index (χ0n) is 10.5. The lowest BCUT2D eigenvalue weighted by molar-refractivity contribution is -0.0462. The van der Waals surface area contributed by atoms with Crippen LogP contribution in [0.2, 0.25) is 0 Å². The fourth-order valence-corrected chi connectivity index (χ4v) is 3.51. The second-order valence-corrected chi connectivity index (χ2v) is 5.71. The molecule has 0 aromatic heterocycles. The fraction of sp³-hybridized carbons (Fsp3) is 1.00. The standard InChI is InChI=1S/C13H25NO/c1-11(2)15-10-13-7-4-6-12(13)14(3)9-5-8-13/h11-12H,4-10H2,1-3H3/t12?,13-/m0/s1. The van der Waals surface area contributed by atoms with E-state index in [1.165, 1.54) is 38.6 Å². The zero-order valence-corrected chi connectivity index (χ0v) is 10.5. The lowest BCUT2D eigenvalue weighted by atomic mass is 9.76. The molecule has 2 aliphatic rings. The summed E-state index contributed by atoms with van der Waals surface area (Å²) in [4.78, 5) is 2.57. The van der Waals surface area contributed by atoms with E-state index in [0.29, 0.717) is 11.5 Å². The maximum Gasteiger partial charge on any atom is 0.0540 e. The van der Waals surface area contributed by atoms with E-state index in [1.807, 2.05) is 0 Å². The lowest BCUT2D eigenvalue weighted by Gasteiger charge is -2.45. The molecule has 0 radical (unpaired) electrons. The van der Waals surface area contributed by atoms with Gasteiger partial charge in [-0.1, -0.05) is 6.42 Å². The van der Waals surface area contributed by atoms with Crippen LogP contribution >= 0.6 is 0 Å². The molecule has 0 N–H and O–H groups in total. The van der Waals surface area contributed by atoms with Gasteiger partial charge in [0.25, 0.3) is 0 Å². The molecule has 1 unspecified atom stereocenters. The summed E-state index contributed by atoms with van der Waals surface area (Å²) in [5, 5.41) is 0. The summed E-state index contributed by atoms with van der Waals surface area (Å²) in [7, 11) is 2.29. The first-order valence-corrected chi connectivity index (χ1v) is 6.46. The molecule has 2 heteroatoms. The fourth-order valence-electron chi connectivity index (χ4n) is 3.51. The molecular formula is C13H25NO. The van der Waals surface area contributed by atoms with E-state index < -0.39 is 0 Å². The average molecular weight is 211 g/mol. The average Bonchev–Trinajstić information content (AvgIpc) is 2.61. The van der Waals surface area contributed by atoms with Crippen molar-refractivity contribution < 1.29 is 4.74 Å². The van der Waals surface area contributed by atoms with Crippen LogP contribution in [0.25, 0.3) is 0 Å². The number of hydrogen-bond donors (Lipinski definition) is 0. The first-order chi connectivity index (χ1) is 7.14. The van der Waals surface area contributed by atoms with Crippen LogP contribution in [-0.4, -0.2) is 37.2 Å². The van der Waals surface area contributed by atoms with Crippen molar-refractivity contribution in [3.05, 3.63) is 0 Å². The lowest BCUT2D eigenvalue weighted by Crippen LogP contribution is -2.49. The van der Waals surface area contributed by atoms with Crippen molar-refractivity contribution >= 4 is 0 Å². The van der Waals surface area contributed by atoms with Crippen molar-refractivity contribution in [1.29, 1.82) is 0 Å². The molecule has 1 heterocycles. The summed E-state index contributed by atoms with van der Waals surface area (Å²) in [5.74, 6) is 0. The van der Waals surface area contributed by atoms with E-state index in [9.17, 15) is 0 Å². The van der Waals surface area contributed by atoms with Crippen molar-refractivity contribution in [1.82, 2.24) is 4.90 Å². The Hall–Kier alpha value is -0.0800. The minimum absolute atomic E-state index is 0.382. The molecule has 1 saturated heterocycles. The van der Waals surface area contributed by atoms with Gasteiger partial charge in [-0.05, 0) is 53.1 Å². The third kappa shape index (κ3) is 2.21. The Morgan fingerprint density at radius 1 is 1.33 bits per heavy atom. The van der Waals surface area contributed by atoms with Gasteiger partial charge in [-0.25, -0.2) is 0 Å². The second kappa shape index (κ2) is 4.42. The molecule has 2 nitrogen and oxygen atoms in total. The van der Waals surface area contributed by atoms with Crippen LogP contribution in [0, 0.1) is 5.41 Å². The largest absolute Gasteiger partial charge is 0.378 e. The molecule has 0 spiro atoms. The van der Waals surface area contributed by atoms with E-state index in [0.717, 1.165) is 12.6 Å². The van der Waals surface area contributed by atoms with E-state index in [4.69, 9.17) is 4.74 Å². The van der Waals surface area contributed by atoms with Gasteiger partial charge in [0.1, 0.15) is 0 Å². The Morgan fingerprint density at radius 3 is 2.80 bits per heavy atom. The molecule has 1 saturated carbocycles. The summed E-state index contributed by atoms with van der Waals surface area (Å²) in [5.41, 5.74) is 0.497. The third-order valence-electron chi connectivity index (χ3n) is 4.28. The van der Waals surface area contributed by atoms with Gasteiger partial charge in [0.15, 0.2) is 0 Å². The minimum Gasteiger partial charge on any atom is -0.378 e. The van der Waals surface area contributed by atoms with Gasteiger partial charge in [0.2, 0.25) is 0 Å². The van der Waals surface area contributed by atoms with Crippen LogP contribution in [-0.2, 0) is 4.74 Å². The number of ether oxygens (including phenoxy) is 1. The molecular weight excluding hydrogens is 186 g/mol. The Morgan fingerprint density at radius 2 is 2.07 bits per heavy atom. The Labute approximate surface area is 94.0 Å². The van der Waals surface area contributed by atoms with Gasteiger partial charge in [-0.15, -0.1) is 0 Å². The highest BCUT2D eigenvalue weighted by Crippen LogP contribution is 2.47. The molecule has 88 valence electrons. The number of fused-ring (bicyclic) bond motifs is 1. The number of likely N-dealkylation sites (tertiary alicyclic amines) is 1. The minimum atomic E-state index is 0.382. The Kier molecular flexibility index (Phi) is 3.36. The maximum absolute atomic E-state index is 5.91. The first-order valence-electron chi connectivity index (χ1n) is 6.46. The summed E-state index contributed by atoms with van der Waals surface area (Å²) in [6, 6.07) is 0.796. The molecule has 0 aromatic carbocycles. The highest BCUT2D eigenvalue weighted by molar-refractivity contribution is 4.99. The topological polar surface area (TPSA) is 12.5 Å². The van der Waals surface area contributed by atoms with Crippen LogP contribution in [0.1, 0.15) is 46.0 Å². The summed E-state index contributed by atoms with van der Waals surface area (Å²) in [6.45, 7) is 6.56. The van der Waals surface area contributed by atoms with Gasteiger partial charge < -0.3 is 9.64 Å². The van der Waals surface area contributed by atoms with Crippen LogP contribution in [0.5, 0.6) is 0 Å². The van der Waals surface area contributed by atoms with Crippen LogP contribution in [0.4, 0.5) is 0 Å². The van der Waals surface area contributed by atoms with Gasteiger partial charge in [-0.2, -0.15) is 0 Å². The van der Waals surface area contributed by atoms with Gasteiger partial charge in [-0.3, -0.25) is 0 Å². The quantitative estimate of drug-likeness (QED) is 0.711. The smallest absolute Gasteiger partial charge is 0.0540 e. The van der Waals surface area contributed by atoms with E-state index >= 15 is 0 Å². The van der Waals surface area contributed by atoms with Gasteiger partial charge >= 0.3 is 0 Å². The van der Waals surface area contributed by atoms with Crippen molar-refractivity contribution in [2.24, 2.45) is 5.41 Å². The van der Waals surface area contributed by atoms with Crippen LogP contribution < -0.4 is 0 Å². The molecule has 15 heavy (non-hydrogen) atoms. The monoisotopic (exact) mass is 211 g/mol. The van der Waals surface area contributed by atoms with Gasteiger partial charge in [0, 0.05) is 11.5 Å². The van der Waals surface area contributed by atoms with Crippen molar-refractivity contribution in [2.75, 3.05) is 20.2 Å². The third-order valence-corrected chi connectivity index (χ3v) is 4.28. The normalized spacial score (nSPS) is 37.2. The Bertz CT molecular complexity index is 217. The number of piperidine rings is 1. The van der Waals surface area contributed by atoms with E-state index in [-0.39, 0.29) is 0 Å². The Balaban J connectivity index is 2.02. The number of rotatable bonds is 3. The molecule has 1 aliphatic carbocycles. The summed E-state index contributed by atoms with van der Waals surface area (Å²) in [6.07, 6.45) is 7.29. The van der Waals surface area contributed by atoms with E-state index in [2.05, 4.69) is 25.8 Å². The number of hydrogen-bond acceptors (Lipinski definition) is 2. The number of nitrogens with zero attached hydrogens (tertiary/aromatic N) is 1. The highest BCUT2D eigenvalue weighted by Gasteiger charge is 2.46. The SMILES string of the molecule is CC(C)OC[C@@]12CCCC1N(C)CCC2. The molecule has 2 rings (SSSR count). The first kappa shape index (κ1) is 11.4. The molecule has 2 fully saturated rings. The maximum atomic E-state index is 5.91. The molecule has 1 aliphatic heterocycles. The predicted octanol–water partition coefficient (Wildman–Crippen LogP) is 2.68. The summed E-state index contributed by atoms with van der Waals surface area (Å²) >= 11 is 0. The van der Waals surface area contributed by atoms with Crippen molar-refractivity contribution in [2.45, 2.75) is 58.1 Å². The molecule has 0 amide bonds. The second-order valence-electron chi connectivity index (χ2n) is 5.71. The molecule has 2 atom stereocenters.